The molecule has 0 bridgehead atoms. The van der Waals surface area contributed by atoms with Crippen LogP contribution < -0.4 is 0 Å². The van der Waals surface area contributed by atoms with Gasteiger partial charge in [0, 0.05) is 31.7 Å². The smallest absolute Gasteiger partial charge is 0.253 e. The van der Waals surface area contributed by atoms with Gasteiger partial charge in [0.05, 0.1) is 5.75 Å². The van der Waals surface area contributed by atoms with Crippen LogP contribution >= 0.6 is 0 Å². The minimum Gasteiger partial charge on any atom is -0.336 e. The van der Waals surface area contributed by atoms with Gasteiger partial charge in [-0.05, 0) is 29.8 Å². The molecule has 0 radical (unpaired) electrons. The van der Waals surface area contributed by atoms with Crippen LogP contribution in [0.4, 0.5) is 4.39 Å². The number of piperazine rings is 1. The van der Waals surface area contributed by atoms with Crippen molar-refractivity contribution < 1.29 is 17.6 Å². The van der Waals surface area contributed by atoms with E-state index in [9.17, 15) is 17.6 Å². The second kappa shape index (κ2) is 7.33. The number of carbonyl (C=O) groups is 1. The molecule has 0 aromatic heterocycles. The summed E-state index contributed by atoms with van der Waals surface area (Å²) in [4.78, 5) is 14.1. The van der Waals surface area contributed by atoms with E-state index in [-0.39, 0.29) is 24.7 Å². The molecular formula is C18H19FN2O3S. The predicted octanol–water partition coefficient (Wildman–Crippen LogP) is 2.11. The minimum atomic E-state index is -3.49. The molecule has 1 amide bonds. The third kappa shape index (κ3) is 4.24. The zero-order chi connectivity index (χ0) is 17.9. The highest BCUT2D eigenvalue weighted by atomic mass is 32.2. The van der Waals surface area contributed by atoms with E-state index in [1.807, 2.05) is 6.07 Å². The second-order valence-corrected chi connectivity index (χ2v) is 7.91. The molecule has 1 aliphatic rings. The number of hydrogen-bond donors (Lipinski definition) is 0. The van der Waals surface area contributed by atoms with Gasteiger partial charge in [-0.15, -0.1) is 0 Å². The molecule has 0 N–H and O–H groups in total. The predicted molar refractivity (Wildman–Crippen MR) is 92.9 cm³/mol. The first kappa shape index (κ1) is 17.6. The summed E-state index contributed by atoms with van der Waals surface area (Å²) in [6.07, 6.45) is 0. The Kier molecular flexibility index (Phi) is 5.15. The summed E-state index contributed by atoms with van der Waals surface area (Å²) in [6, 6.07) is 14.4. The first-order valence-corrected chi connectivity index (χ1v) is 9.63. The maximum Gasteiger partial charge on any atom is 0.253 e. The third-order valence-electron chi connectivity index (χ3n) is 4.20. The highest BCUT2D eigenvalue weighted by Gasteiger charge is 2.29. The standard InChI is InChI=1S/C18H19FN2O3S/c19-17-8-6-15(7-9-17)14-25(23,24)21-12-10-20(11-13-21)18(22)16-4-2-1-3-5-16/h1-9H,10-14H2. The Balaban J connectivity index is 1.61. The third-order valence-corrected chi connectivity index (χ3v) is 6.05. The average Bonchev–Trinajstić information content (AvgIpc) is 2.64. The van der Waals surface area contributed by atoms with Gasteiger partial charge in [0.25, 0.3) is 5.91 Å². The Bertz CT molecular complexity index is 830. The molecule has 132 valence electrons. The van der Waals surface area contributed by atoms with Crippen LogP contribution in [0.15, 0.2) is 54.6 Å². The van der Waals surface area contributed by atoms with Gasteiger partial charge in [0.2, 0.25) is 10.0 Å². The largest absolute Gasteiger partial charge is 0.336 e. The highest BCUT2D eigenvalue weighted by Crippen LogP contribution is 2.15. The summed E-state index contributed by atoms with van der Waals surface area (Å²) in [5.41, 5.74) is 1.15. The number of amides is 1. The zero-order valence-corrected chi connectivity index (χ0v) is 14.5. The molecule has 2 aromatic rings. The Morgan fingerprint density at radius 1 is 0.920 bits per heavy atom. The number of sulfonamides is 1. The summed E-state index contributed by atoms with van der Waals surface area (Å²) < 4.78 is 39.4. The van der Waals surface area contributed by atoms with Gasteiger partial charge in [-0.1, -0.05) is 30.3 Å². The van der Waals surface area contributed by atoms with Crippen molar-refractivity contribution >= 4 is 15.9 Å². The van der Waals surface area contributed by atoms with Gasteiger partial charge in [0.1, 0.15) is 5.82 Å². The first-order valence-electron chi connectivity index (χ1n) is 8.02. The van der Waals surface area contributed by atoms with Crippen molar-refractivity contribution in [3.8, 4) is 0 Å². The number of hydrogen-bond acceptors (Lipinski definition) is 3. The molecule has 0 spiro atoms. The normalized spacial score (nSPS) is 16.0. The summed E-state index contributed by atoms with van der Waals surface area (Å²) in [7, 11) is -3.49. The van der Waals surface area contributed by atoms with Crippen LogP contribution in [-0.4, -0.2) is 49.7 Å². The molecule has 0 aliphatic carbocycles. The van der Waals surface area contributed by atoms with E-state index >= 15 is 0 Å². The van der Waals surface area contributed by atoms with Gasteiger partial charge < -0.3 is 4.90 Å². The van der Waals surface area contributed by atoms with Crippen LogP contribution in [0.25, 0.3) is 0 Å². The van der Waals surface area contributed by atoms with Crippen molar-refractivity contribution in [1.82, 2.24) is 9.21 Å². The molecule has 1 saturated heterocycles. The quantitative estimate of drug-likeness (QED) is 0.837. The van der Waals surface area contributed by atoms with Crippen LogP contribution in [0, 0.1) is 5.82 Å². The minimum absolute atomic E-state index is 0.0869. The lowest BCUT2D eigenvalue weighted by Crippen LogP contribution is -2.50. The van der Waals surface area contributed by atoms with Crippen molar-refractivity contribution in [2.45, 2.75) is 5.75 Å². The fraction of sp³-hybridized carbons (Fsp3) is 0.278. The number of halogens is 1. The molecule has 1 heterocycles. The van der Waals surface area contributed by atoms with Gasteiger partial charge >= 0.3 is 0 Å². The van der Waals surface area contributed by atoms with Gasteiger partial charge in [-0.25, -0.2) is 12.8 Å². The molecule has 25 heavy (non-hydrogen) atoms. The summed E-state index contributed by atoms with van der Waals surface area (Å²) >= 11 is 0. The first-order chi connectivity index (χ1) is 12.0. The van der Waals surface area contributed by atoms with E-state index in [1.54, 1.807) is 29.2 Å². The molecule has 3 rings (SSSR count). The van der Waals surface area contributed by atoms with E-state index in [0.717, 1.165) is 0 Å². The monoisotopic (exact) mass is 362 g/mol. The van der Waals surface area contributed by atoms with Crippen LogP contribution in [0.3, 0.4) is 0 Å². The topological polar surface area (TPSA) is 57.7 Å². The molecule has 0 unspecified atom stereocenters. The lowest BCUT2D eigenvalue weighted by Gasteiger charge is -2.34. The number of benzene rings is 2. The summed E-state index contributed by atoms with van der Waals surface area (Å²) in [5.74, 6) is -0.648. The Labute approximate surface area is 146 Å². The highest BCUT2D eigenvalue weighted by molar-refractivity contribution is 7.88. The number of carbonyl (C=O) groups excluding carboxylic acids is 1. The SMILES string of the molecule is O=C(c1ccccc1)N1CCN(S(=O)(=O)Cc2ccc(F)cc2)CC1. The molecule has 5 nitrogen and oxygen atoms in total. The van der Waals surface area contributed by atoms with Crippen molar-refractivity contribution in [2.24, 2.45) is 0 Å². The lowest BCUT2D eigenvalue weighted by molar-refractivity contribution is 0.0698. The number of rotatable bonds is 4. The fourth-order valence-electron chi connectivity index (χ4n) is 2.82. The van der Waals surface area contributed by atoms with Crippen molar-refractivity contribution in [1.29, 1.82) is 0 Å². The van der Waals surface area contributed by atoms with Crippen LogP contribution in [-0.2, 0) is 15.8 Å². The van der Waals surface area contributed by atoms with Crippen molar-refractivity contribution in [3.63, 3.8) is 0 Å². The van der Waals surface area contributed by atoms with Gasteiger partial charge in [-0.3, -0.25) is 4.79 Å². The van der Waals surface area contributed by atoms with Crippen molar-refractivity contribution in [2.75, 3.05) is 26.2 Å². The maximum atomic E-state index is 12.9. The van der Waals surface area contributed by atoms with Crippen LogP contribution in [0.1, 0.15) is 15.9 Å². The molecule has 1 fully saturated rings. The number of nitrogens with zero attached hydrogens (tertiary/aromatic N) is 2. The second-order valence-electron chi connectivity index (χ2n) is 5.94. The Morgan fingerprint density at radius 3 is 2.12 bits per heavy atom. The zero-order valence-electron chi connectivity index (χ0n) is 13.6. The van der Waals surface area contributed by atoms with Crippen LogP contribution in [0.5, 0.6) is 0 Å². The molecule has 0 saturated carbocycles. The molecule has 7 heteroatoms. The van der Waals surface area contributed by atoms with E-state index in [0.29, 0.717) is 24.2 Å². The van der Waals surface area contributed by atoms with E-state index in [2.05, 4.69) is 0 Å². The molecule has 2 aromatic carbocycles. The van der Waals surface area contributed by atoms with E-state index < -0.39 is 15.8 Å². The Hall–Kier alpha value is -2.25. The fourth-order valence-corrected chi connectivity index (χ4v) is 4.33. The average molecular weight is 362 g/mol. The molecular weight excluding hydrogens is 343 g/mol. The lowest BCUT2D eigenvalue weighted by atomic mass is 10.2. The Morgan fingerprint density at radius 2 is 1.52 bits per heavy atom. The van der Waals surface area contributed by atoms with E-state index in [1.165, 1.54) is 28.6 Å². The maximum absolute atomic E-state index is 12.9. The van der Waals surface area contributed by atoms with E-state index in [4.69, 9.17) is 0 Å². The molecule has 1 aliphatic heterocycles. The summed E-state index contributed by atoms with van der Waals surface area (Å²) in [6.45, 7) is 1.25. The van der Waals surface area contributed by atoms with Crippen LogP contribution in [0.2, 0.25) is 0 Å². The van der Waals surface area contributed by atoms with Gasteiger partial charge in [0.15, 0.2) is 0 Å². The van der Waals surface area contributed by atoms with Crippen molar-refractivity contribution in [3.05, 3.63) is 71.5 Å². The van der Waals surface area contributed by atoms with Gasteiger partial charge in [-0.2, -0.15) is 4.31 Å². The summed E-state index contributed by atoms with van der Waals surface area (Å²) in [5, 5.41) is 0. The molecule has 0 atom stereocenters.